The molecular weight excluding hydrogens is 825 g/mol. The summed E-state index contributed by atoms with van der Waals surface area (Å²) in [4.78, 5) is 24.6. The Balaban J connectivity index is 0.633. The molecule has 1 spiro atoms. The number of piperidine rings is 1. The van der Waals surface area contributed by atoms with E-state index in [-0.39, 0.29) is 60.7 Å². The van der Waals surface area contributed by atoms with Gasteiger partial charge in [-0.05, 0) is 145 Å². The molecule has 6 aliphatic heterocycles. The van der Waals surface area contributed by atoms with Crippen LogP contribution >= 0.6 is 11.8 Å². The maximum atomic E-state index is 13.3. The lowest BCUT2D eigenvalue weighted by atomic mass is 9.55. The highest BCUT2D eigenvalue weighted by molar-refractivity contribution is 8.00. The first-order valence-electron chi connectivity index (χ1n) is 26.2. The Bertz CT molecular complexity index is 1640. The number of carbonyl (C=O) groups excluding carboxylic acids is 1. The number of ether oxygens (including phenoxy) is 3. The number of nitriles is 1. The summed E-state index contributed by atoms with van der Waals surface area (Å²) in [7, 11) is 1.70. The van der Waals surface area contributed by atoms with Gasteiger partial charge in [-0.25, -0.2) is 21.7 Å². The van der Waals surface area contributed by atoms with Crippen LogP contribution in [0.25, 0.3) is 0 Å². The fourth-order valence-corrected chi connectivity index (χ4v) is 16.4. The summed E-state index contributed by atoms with van der Waals surface area (Å²) >= 11 is 2.20. The van der Waals surface area contributed by atoms with Crippen molar-refractivity contribution in [3.05, 3.63) is 0 Å². The lowest BCUT2D eigenvalue weighted by Crippen LogP contribution is -2.63. The molecule has 10 aliphatic rings. The van der Waals surface area contributed by atoms with Gasteiger partial charge in [0.25, 0.3) is 0 Å². The molecule has 0 bridgehead atoms. The minimum absolute atomic E-state index is 0.0240. The van der Waals surface area contributed by atoms with Crippen molar-refractivity contribution in [1.82, 2.24) is 42.1 Å². The highest BCUT2D eigenvalue weighted by Crippen LogP contribution is 2.56. The van der Waals surface area contributed by atoms with Gasteiger partial charge in [0.1, 0.15) is 12.3 Å². The smallest absolute Gasteiger partial charge is 0.238 e. The van der Waals surface area contributed by atoms with Crippen molar-refractivity contribution in [3.63, 3.8) is 0 Å². The molecule has 6 N–H and O–H groups in total. The van der Waals surface area contributed by atoms with Crippen molar-refractivity contribution >= 4 is 23.4 Å². The van der Waals surface area contributed by atoms with Crippen LogP contribution in [0.1, 0.15) is 143 Å². The second-order valence-electron chi connectivity index (χ2n) is 22.4. The second-order valence-corrected chi connectivity index (χ2v) is 23.9. The zero-order valence-electron chi connectivity index (χ0n) is 39.5. The molecule has 15 heteroatoms. The van der Waals surface area contributed by atoms with Crippen molar-refractivity contribution in [1.29, 1.82) is 5.26 Å². The van der Waals surface area contributed by atoms with Crippen molar-refractivity contribution in [2.24, 2.45) is 45.9 Å². The van der Waals surface area contributed by atoms with E-state index in [4.69, 9.17) is 19.2 Å². The van der Waals surface area contributed by atoms with Crippen LogP contribution in [0.4, 0.5) is 0 Å². The number of hydrogen-bond acceptors (Lipinski definition) is 14. The Kier molecular flexibility index (Phi) is 14.7. The molecule has 9 fully saturated rings. The molecule has 13 atom stereocenters. The summed E-state index contributed by atoms with van der Waals surface area (Å²) in [6, 6.07) is 2.62. The van der Waals surface area contributed by atoms with Crippen LogP contribution in [-0.4, -0.2) is 127 Å². The van der Waals surface area contributed by atoms with Crippen molar-refractivity contribution in [3.8, 4) is 6.07 Å². The first-order valence-corrected chi connectivity index (χ1v) is 27.1. The van der Waals surface area contributed by atoms with E-state index in [1.165, 1.54) is 57.8 Å². The maximum Gasteiger partial charge on any atom is 0.238 e. The second kappa shape index (κ2) is 20.3. The highest BCUT2D eigenvalue weighted by Gasteiger charge is 2.55. The molecule has 0 radical (unpaired) electrons. The van der Waals surface area contributed by atoms with Crippen LogP contribution in [0.3, 0.4) is 0 Å². The van der Waals surface area contributed by atoms with Gasteiger partial charge in [0.15, 0.2) is 0 Å². The summed E-state index contributed by atoms with van der Waals surface area (Å²) in [6.07, 6.45) is 22.8. The molecule has 358 valence electrons. The molecular formula is C49H82N10O4S. The predicted molar refractivity (Wildman–Crippen MR) is 250 cm³/mol. The van der Waals surface area contributed by atoms with Gasteiger partial charge >= 0.3 is 0 Å². The maximum absolute atomic E-state index is 13.3. The molecule has 0 aromatic rings. The predicted octanol–water partition coefficient (Wildman–Crippen LogP) is 5.36. The molecule has 4 aliphatic carbocycles. The summed E-state index contributed by atoms with van der Waals surface area (Å²) in [6.45, 7) is 11.3. The number of rotatable bonds is 11. The van der Waals surface area contributed by atoms with E-state index in [9.17, 15) is 10.1 Å². The van der Waals surface area contributed by atoms with Gasteiger partial charge in [0, 0.05) is 62.5 Å². The monoisotopic (exact) mass is 907 g/mol. The Morgan fingerprint density at radius 3 is 2.41 bits per heavy atom. The van der Waals surface area contributed by atoms with E-state index in [2.05, 4.69) is 80.7 Å². The van der Waals surface area contributed by atoms with E-state index in [0.717, 1.165) is 102 Å². The topological polar surface area (TPSA) is 160 Å². The van der Waals surface area contributed by atoms with Crippen LogP contribution < -0.4 is 32.3 Å². The number of hydrazine groups is 2. The highest BCUT2D eigenvalue weighted by atomic mass is 32.2. The number of nitrogens with zero attached hydrogens (tertiary/aromatic N) is 4. The van der Waals surface area contributed by atoms with Crippen molar-refractivity contribution in [2.75, 3.05) is 33.4 Å². The molecule has 1 amide bonds. The summed E-state index contributed by atoms with van der Waals surface area (Å²) in [5.74, 6) is 3.66. The molecule has 10 rings (SSSR count). The van der Waals surface area contributed by atoms with Crippen LogP contribution in [-0.2, 0) is 19.0 Å². The minimum atomic E-state index is -0.182. The van der Waals surface area contributed by atoms with Gasteiger partial charge in [0.2, 0.25) is 5.91 Å². The van der Waals surface area contributed by atoms with E-state index >= 15 is 0 Å². The Hall–Kier alpha value is -1.42. The third kappa shape index (κ3) is 9.87. The van der Waals surface area contributed by atoms with Crippen molar-refractivity contribution in [2.45, 2.75) is 215 Å². The fraction of sp³-hybridized carbons (Fsp3) is 0.939. The van der Waals surface area contributed by atoms with Gasteiger partial charge < -0.3 is 19.5 Å². The van der Waals surface area contributed by atoms with Gasteiger partial charge in [0.05, 0.1) is 66.8 Å². The van der Waals surface area contributed by atoms with Crippen LogP contribution in [0, 0.1) is 52.3 Å². The Morgan fingerprint density at radius 2 is 1.70 bits per heavy atom. The number of fused-ring (bicyclic) bond motifs is 3. The summed E-state index contributed by atoms with van der Waals surface area (Å²) < 4.78 is 18.2. The zero-order valence-corrected chi connectivity index (χ0v) is 40.3. The number of carbonyl (C=O) groups is 1. The average molecular weight is 907 g/mol. The standard InChI is InChI=1S/C49H82N10O4S/c1-29-30(2)64-48-44(29)45(53-40(25-43-51-19-22-62-43)46-57-54-31(3)59(46)48)34-7-5-32(6-8-34)23-33-26-49(27-33)17-20-58(21-18-49)42-16-15-39(55-56-42)47(60)52-36-10-13-37(14-11-36)63-38-12-9-35(28-50)41(24-38)61-4/h29-44,46,48,51,54-57H,5-27H2,1-4H3,(H,52,60)/t29?,30?,31?,32?,34?,35?,36?,37?,38?,39?,40-,41?,42?,43?,44?,46?,48?/m0/s1. The molecule has 6 heterocycles. The van der Waals surface area contributed by atoms with Gasteiger partial charge in [-0.3, -0.25) is 24.9 Å². The normalized spacial score (nSPS) is 45.5. The van der Waals surface area contributed by atoms with Crippen LogP contribution in [0.2, 0.25) is 0 Å². The minimum Gasteiger partial charge on any atom is -0.380 e. The molecule has 4 saturated carbocycles. The molecule has 0 aromatic carbocycles. The number of thioether (sulfide) groups is 1. The summed E-state index contributed by atoms with van der Waals surface area (Å²) in [5.41, 5.74) is 16.4. The molecule has 64 heavy (non-hydrogen) atoms. The number of likely N-dealkylation sites (tertiary alicyclic amines) is 1. The van der Waals surface area contributed by atoms with E-state index in [0.29, 0.717) is 46.1 Å². The number of nitrogens with one attached hydrogen (secondary N) is 6. The average Bonchev–Trinajstić information content (AvgIpc) is 4.02. The molecule has 0 aromatic heterocycles. The lowest BCUT2D eigenvalue weighted by molar-refractivity contribution is -0.126. The van der Waals surface area contributed by atoms with Gasteiger partial charge in [-0.1, -0.05) is 13.8 Å². The largest absolute Gasteiger partial charge is 0.380 e. The van der Waals surface area contributed by atoms with Crippen LogP contribution in [0.15, 0.2) is 4.99 Å². The first kappa shape index (κ1) is 46.3. The quantitative estimate of drug-likeness (QED) is 0.158. The molecule has 14 nitrogen and oxygen atoms in total. The van der Waals surface area contributed by atoms with Gasteiger partial charge in [-0.15, -0.1) is 11.8 Å². The van der Waals surface area contributed by atoms with E-state index in [1.807, 2.05) is 0 Å². The third-order valence-electron chi connectivity index (χ3n) is 18.5. The number of methoxy groups -OCH3 is 1. The fourth-order valence-electron chi connectivity index (χ4n) is 14.6. The number of aliphatic imine (C=N–C) groups is 1. The SMILES string of the molecule is COC1CC(OC2CCC(NC(=O)C3CCC(N4CCC5(CC4)CC(CC4CCC(C6=N[C@@H](CC7NCCO7)C7NNC(C)N7C7SC(C)C(C)C67)CC4)C5)NN3)CC2)CCC1C#N. The molecule has 5 saturated heterocycles. The third-order valence-corrected chi connectivity index (χ3v) is 20.2. The Morgan fingerprint density at radius 1 is 0.922 bits per heavy atom. The number of hydrogen-bond donors (Lipinski definition) is 6. The van der Waals surface area contributed by atoms with Crippen LogP contribution in [0.5, 0.6) is 0 Å². The lowest BCUT2D eigenvalue weighted by Gasteiger charge is -2.54. The zero-order chi connectivity index (χ0) is 44.0. The van der Waals surface area contributed by atoms with Crippen molar-refractivity contribution < 1.29 is 19.0 Å². The Labute approximate surface area is 388 Å². The van der Waals surface area contributed by atoms with E-state index in [1.54, 1.807) is 12.8 Å². The summed E-state index contributed by atoms with van der Waals surface area (Å²) in [5, 5.41) is 17.5. The first-order chi connectivity index (χ1) is 31.2. The molecule has 12 unspecified atom stereocenters. The van der Waals surface area contributed by atoms with E-state index < -0.39 is 0 Å². The van der Waals surface area contributed by atoms with Gasteiger partial charge in [-0.2, -0.15) is 5.26 Å². The number of amides is 1.